The summed E-state index contributed by atoms with van der Waals surface area (Å²) in [6.45, 7) is 7.13. The number of nitrogens with one attached hydrogen (secondary N) is 1. The highest BCUT2D eigenvalue weighted by molar-refractivity contribution is 5.86. The smallest absolute Gasteiger partial charge is 0.269 e. The van der Waals surface area contributed by atoms with Crippen LogP contribution < -0.4 is 5.43 Å². The third-order valence-corrected chi connectivity index (χ3v) is 10.0. The maximum absolute atomic E-state index is 10.9. The van der Waals surface area contributed by atoms with Crippen molar-refractivity contribution in [2.24, 2.45) is 39.6 Å². The molecule has 3 saturated carbocycles. The summed E-state index contributed by atoms with van der Waals surface area (Å²) in [4.78, 5) is 10.5. The Hall–Kier alpha value is -2.21. The maximum Gasteiger partial charge on any atom is 0.269 e. The van der Waals surface area contributed by atoms with Crippen molar-refractivity contribution in [3.05, 3.63) is 46.0 Å². The van der Waals surface area contributed by atoms with Crippen LogP contribution in [0.1, 0.15) is 72.1 Å². The van der Waals surface area contributed by atoms with Crippen molar-refractivity contribution in [2.45, 2.75) is 78.2 Å². The van der Waals surface area contributed by atoms with E-state index in [4.69, 9.17) is 5.10 Å². The van der Waals surface area contributed by atoms with Crippen molar-refractivity contribution in [1.29, 1.82) is 0 Å². The van der Waals surface area contributed by atoms with Crippen LogP contribution in [0.2, 0.25) is 0 Å². The third-order valence-electron chi connectivity index (χ3n) is 10.0. The molecule has 4 aliphatic rings. The van der Waals surface area contributed by atoms with Gasteiger partial charge in [-0.15, -0.1) is 0 Å². The van der Waals surface area contributed by atoms with Gasteiger partial charge in [-0.1, -0.05) is 25.5 Å². The van der Waals surface area contributed by atoms with E-state index in [2.05, 4.69) is 32.3 Å². The summed E-state index contributed by atoms with van der Waals surface area (Å²) in [5.74, 6) is 2.69. The van der Waals surface area contributed by atoms with Gasteiger partial charge in [0, 0.05) is 23.8 Å². The zero-order valence-corrected chi connectivity index (χ0v) is 20.1. The molecule has 7 atom stereocenters. The van der Waals surface area contributed by atoms with E-state index in [1.165, 1.54) is 49.8 Å². The zero-order chi connectivity index (χ0) is 23.4. The number of rotatable bonds is 4. The number of hydrogen-bond donors (Lipinski definition) is 2. The molecule has 6 heteroatoms. The predicted octanol–water partition coefficient (Wildman–Crippen LogP) is 6.32. The second-order valence-corrected chi connectivity index (χ2v) is 11.5. The zero-order valence-electron chi connectivity index (χ0n) is 20.1. The molecular weight excluding hydrogens is 414 g/mol. The second-order valence-electron chi connectivity index (χ2n) is 11.5. The Morgan fingerprint density at radius 2 is 1.88 bits per heavy atom. The first-order valence-corrected chi connectivity index (χ1v) is 12.6. The van der Waals surface area contributed by atoms with E-state index in [-0.39, 0.29) is 27.5 Å². The molecule has 0 heterocycles. The Morgan fingerprint density at radius 3 is 2.61 bits per heavy atom. The molecule has 4 aliphatic carbocycles. The molecule has 6 nitrogen and oxygen atoms in total. The van der Waals surface area contributed by atoms with Gasteiger partial charge >= 0.3 is 0 Å². The van der Waals surface area contributed by atoms with Gasteiger partial charge in [-0.05, 0) is 99.0 Å². The lowest BCUT2D eigenvalue weighted by atomic mass is 9.47. The third kappa shape index (κ3) is 3.71. The average Bonchev–Trinajstić information content (AvgIpc) is 3.15. The minimum Gasteiger partial charge on any atom is -0.393 e. The van der Waals surface area contributed by atoms with Crippen LogP contribution in [0.25, 0.3) is 0 Å². The van der Waals surface area contributed by atoms with Gasteiger partial charge in [-0.3, -0.25) is 15.5 Å². The lowest BCUT2D eigenvalue weighted by Gasteiger charge is -2.58. The van der Waals surface area contributed by atoms with Gasteiger partial charge in [0.2, 0.25) is 0 Å². The van der Waals surface area contributed by atoms with Gasteiger partial charge in [-0.25, -0.2) is 0 Å². The lowest BCUT2D eigenvalue weighted by Crippen LogP contribution is -2.50. The molecule has 5 rings (SSSR count). The number of benzene rings is 1. The fourth-order valence-corrected chi connectivity index (χ4v) is 8.22. The molecule has 1 aromatic rings. The molecule has 0 aromatic heterocycles. The van der Waals surface area contributed by atoms with Crippen molar-refractivity contribution in [2.75, 3.05) is 5.43 Å². The number of aliphatic hydroxyl groups is 1. The monoisotopic (exact) mass is 451 g/mol. The van der Waals surface area contributed by atoms with Crippen molar-refractivity contribution in [3.63, 3.8) is 0 Å². The highest BCUT2D eigenvalue weighted by atomic mass is 16.6. The van der Waals surface area contributed by atoms with Gasteiger partial charge < -0.3 is 5.11 Å². The molecule has 33 heavy (non-hydrogen) atoms. The van der Waals surface area contributed by atoms with E-state index in [1.54, 1.807) is 12.1 Å². The molecule has 3 fully saturated rings. The standard InChI is InChI=1S/C27H37N3O3/c1-17(28-29-19-5-7-20(8-6-19)30(32)33)23-10-11-24-22-9-4-18-16-21(31)12-14-26(18,2)25(22)13-15-27(23,24)3/h4-8,21-25,29,31H,9-16H2,1-3H3. The van der Waals surface area contributed by atoms with E-state index in [1.807, 2.05) is 0 Å². The number of hydrogen-bond acceptors (Lipinski definition) is 5. The van der Waals surface area contributed by atoms with Gasteiger partial charge in [0.15, 0.2) is 0 Å². The number of aliphatic hydroxyl groups excluding tert-OH is 1. The summed E-state index contributed by atoms with van der Waals surface area (Å²) in [5.41, 5.74) is 7.25. The number of nitro benzene ring substituents is 1. The molecule has 0 amide bonds. The first kappa shape index (κ1) is 22.6. The maximum atomic E-state index is 10.9. The normalized spacial score (nSPS) is 40.3. The SMILES string of the molecule is CC(=NNc1ccc([N+](=O)[O-])cc1)C1CCC2C3CC=C4CC(O)CCC4(C)C3CCC12C. The molecule has 2 N–H and O–H groups in total. The molecule has 178 valence electrons. The Bertz CT molecular complexity index is 987. The molecule has 0 spiro atoms. The molecule has 1 aromatic carbocycles. The number of anilines is 1. The van der Waals surface area contributed by atoms with E-state index in [0.717, 1.165) is 48.4 Å². The summed E-state index contributed by atoms with van der Waals surface area (Å²) < 4.78 is 0. The number of non-ortho nitro benzene ring substituents is 1. The van der Waals surface area contributed by atoms with E-state index < -0.39 is 0 Å². The average molecular weight is 452 g/mol. The fourth-order valence-electron chi connectivity index (χ4n) is 8.22. The molecule has 0 bridgehead atoms. The fraction of sp³-hybridized carbons (Fsp3) is 0.667. The minimum atomic E-state index is -0.382. The van der Waals surface area contributed by atoms with Gasteiger partial charge in [-0.2, -0.15) is 5.10 Å². The van der Waals surface area contributed by atoms with Crippen LogP contribution in [0.3, 0.4) is 0 Å². The predicted molar refractivity (Wildman–Crippen MR) is 131 cm³/mol. The lowest BCUT2D eigenvalue weighted by molar-refractivity contribution is -0.384. The van der Waals surface area contributed by atoms with E-state index in [9.17, 15) is 15.2 Å². The van der Waals surface area contributed by atoms with Gasteiger partial charge in [0.05, 0.1) is 16.7 Å². The van der Waals surface area contributed by atoms with Crippen LogP contribution in [0.5, 0.6) is 0 Å². The highest BCUT2D eigenvalue weighted by Crippen LogP contribution is 2.66. The van der Waals surface area contributed by atoms with Crippen LogP contribution in [0.15, 0.2) is 41.0 Å². The van der Waals surface area contributed by atoms with Crippen molar-refractivity contribution < 1.29 is 10.0 Å². The molecule has 0 aliphatic heterocycles. The molecule has 7 unspecified atom stereocenters. The summed E-state index contributed by atoms with van der Waals surface area (Å²) >= 11 is 0. The van der Waals surface area contributed by atoms with Crippen LogP contribution in [-0.4, -0.2) is 21.8 Å². The Morgan fingerprint density at radius 1 is 1.12 bits per heavy atom. The summed E-state index contributed by atoms with van der Waals surface area (Å²) in [6.07, 6.45) is 11.5. The second kappa shape index (κ2) is 8.23. The number of nitro groups is 1. The highest BCUT2D eigenvalue weighted by Gasteiger charge is 2.58. The van der Waals surface area contributed by atoms with E-state index in [0.29, 0.717) is 5.92 Å². The van der Waals surface area contributed by atoms with Crippen molar-refractivity contribution >= 4 is 17.1 Å². The summed E-state index contributed by atoms with van der Waals surface area (Å²) in [6, 6.07) is 6.45. The van der Waals surface area contributed by atoms with Crippen molar-refractivity contribution in [3.8, 4) is 0 Å². The van der Waals surface area contributed by atoms with Gasteiger partial charge in [0.1, 0.15) is 0 Å². The largest absolute Gasteiger partial charge is 0.393 e. The molecule has 0 saturated heterocycles. The Labute approximate surface area is 196 Å². The van der Waals surface area contributed by atoms with Crippen molar-refractivity contribution in [1.82, 2.24) is 0 Å². The van der Waals surface area contributed by atoms with Crippen LogP contribution in [0.4, 0.5) is 11.4 Å². The van der Waals surface area contributed by atoms with E-state index >= 15 is 0 Å². The first-order chi connectivity index (χ1) is 15.7. The number of hydrazone groups is 1. The topological polar surface area (TPSA) is 87.8 Å². The molecule has 0 radical (unpaired) electrons. The summed E-state index contributed by atoms with van der Waals surface area (Å²) in [5, 5.41) is 25.8. The van der Waals surface area contributed by atoms with Crippen LogP contribution >= 0.6 is 0 Å². The Balaban J connectivity index is 1.32. The minimum absolute atomic E-state index is 0.0926. The summed E-state index contributed by atoms with van der Waals surface area (Å²) in [7, 11) is 0. The quantitative estimate of drug-likeness (QED) is 0.243. The number of nitrogens with zero attached hydrogens (tertiary/aromatic N) is 2. The van der Waals surface area contributed by atoms with Crippen LogP contribution in [0, 0.1) is 44.6 Å². The van der Waals surface area contributed by atoms with Crippen LogP contribution in [-0.2, 0) is 0 Å². The number of fused-ring (bicyclic) bond motifs is 5. The molecular formula is C27H37N3O3. The first-order valence-electron chi connectivity index (χ1n) is 12.6. The van der Waals surface area contributed by atoms with Gasteiger partial charge in [0.25, 0.3) is 5.69 Å². The Kier molecular flexibility index (Phi) is 5.63. The number of allylic oxidation sites excluding steroid dienone is 1.